The minimum atomic E-state index is -1.12. The van der Waals surface area contributed by atoms with E-state index < -0.39 is 12.3 Å². The van der Waals surface area contributed by atoms with Gasteiger partial charge in [-0.2, -0.15) is 5.26 Å². The molecule has 1 aliphatic rings. The summed E-state index contributed by atoms with van der Waals surface area (Å²) < 4.78 is 25.0. The number of ether oxygens (including phenoxy) is 2. The van der Waals surface area contributed by atoms with Gasteiger partial charge in [0.1, 0.15) is 23.9 Å². The number of alkyl halides is 1. The van der Waals surface area contributed by atoms with Gasteiger partial charge < -0.3 is 14.8 Å². The fraction of sp³-hybridized carbons (Fsp3) is 0.500. The number of piperidine rings is 1. The van der Waals surface area contributed by atoms with E-state index in [0.717, 1.165) is 0 Å². The molecule has 1 saturated heterocycles. The topological polar surface area (TPSA) is 67.2 Å². The molecule has 0 radical (unpaired) electrons. The lowest BCUT2D eigenvalue weighted by Crippen LogP contribution is -2.44. The summed E-state index contributed by atoms with van der Waals surface area (Å²) in [7, 11) is 1.43. The van der Waals surface area contributed by atoms with E-state index in [1.54, 1.807) is 0 Å². The first-order chi connectivity index (χ1) is 9.17. The first kappa shape index (κ1) is 14.0. The van der Waals surface area contributed by atoms with Crippen LogP contribution in [0.25, 0.3) is 0 Å². The quantitative estimate of drug-likeness (QED) is 0.915. The maximum absolute atomic E-state index is 13.8. The number of hydrogen-bond donors (Lipinski definition) is 1. The summed E-state index contributed by atoms with van der Waals surface area (Å²) in [5.74, 6) is 0.374. The van der Waals surface area contributed by atoms with E-state index in [-0.39, 0.29) is 23.7 Å². The van der Waals surface area contributed by atoms with E-state index in [1.165, 1.54) is 13.3 Å². The van der Waals surface area contributed by atoms with Crippen molar-refractivity contribution in [2.75, 3.05) is 20.2 Å². The Kier molecular flexibility index (Phi) is 4.56. The molecule has 5 nitrogen and oxygen atoms in total. The molecule has 0 amide bonds. The molecular formula is C12H13BrFN3O2. The van der Waals surface area contributed by atoms with Crippen molar-refractivity contribution >= 4 is 15.9 Å². The molecule has 2 heterocycles. The molecule has 2 rings (SSSR count). The second-order valence-electron chi connectivity index (χ2n) is 4.10. The maximum atomic E-state index is 13.8. The van der Waals surface area contributed by atoms with Crippen LogP contribution in [0.2, 0.25) is 0 Å². The van der Waals surface area contributed by atoms with Gasteiger partial charge in [0.15, 0.2) is 0 Å². The van der Waals surface area contributed by atoms with Crippen LogP contribution in [-0.4, -0.2) is 37.5 Å². The van der Waals surface area contributed by atoms with Crippen LogP contribution in [0.4, 0.5) is 4.39 Å². The number of pyridine rings is 1. The normalized spacial score (nSPS) is 22.6. The summed E-state index contributed by atoms with van der Waals surface area (Å²) in [6.07, 6.45) is 0.267. The van der Waals surface area contributed by atoms with Crippen molar-refractivity contribution in [3.05, 3.63) is 16.2 Å². The molecule has 0 saturated carbocycles. The lowest BCUT2D eigenvalue weighted by Gasteiger charge is -2.28. The zero-order valence-electron chi connectivity index (χ0n) is 10.3. The Balaban J connectivity index is 2.32. The molecule has 102 valence electrons. The Hall–Kier alpha value is -1.39. The number of nitrogens with zero attached hydrogens (tertiary/aromatic N) is 2. The Morgan fingerprint density at radius 3 is 3.05 bits per heavy atom. The van der Waals surface area contributed by atoms with Crippen molar-refractivity contribution in [2.24, 2.45) is 0 Å². The van der Waals surface area contributed by atoms with Gasteiger partial charge in [0.2, 0.25) is 5.75 Å². The summed E-state index contributed by atoms with van der Waals surface area (Å²) in [6.45, 7) is 0.924. The number of rotatable bonds is 3. The van der Waals surface area contributed by atoms with Gasteiger partial charge in [-0.05, 0) is 28.9 Å². The van der Waals surface area contributed by atoms with Gasteiger partial charge in [-0.15, -0.1) is 0 Å². The van der Waals surface area contributed by atoms with Crippen LogP contribution in [0, 0.1) is 11.3 Å². The Morgan fingerprint density at radius 1 is 1.63 bits per heavy atom. The molecule has 0 spiro atoms. The van der Waals surface area contributed by atoms with E-state index >= 15 is 0 Å². The summed E-state index contributed by atoms with van der Waals surface area (Å²) in [4.78, 5) is 4.01. The van der Waals surface area contributed by atoms with Gasteiger partial charge >= 0.3 is 0 Å². The molecule has 1 aromatic heterocycles. The highest BCUT2D eigenvalue weighted by molar-refractivity contribution is 9.10. The number of methoxy groups -OCH3 is 1. The zero-order chi connectivity index (χ0) is 13.8. The fourth-order valence-electron chi connectivity index (χ4n) is 1.89. The summed E-state index contributed by atoms with van der Waals surface area (Å²) in [5.41, 5.74) is 0.262. The van der Waals surface area contributed by atoms with Gasteiger partial charge in [0, 0.05) is 12.7 Å². The zero-order valence-corrected chi connectivity index (χ0v) is 11.9. The average Bonchev–Trinajstić information content (AvgIpc) is 2.42. The largest absolute Gasteiger partial charge is 0.480 e. The van der Waals surface area contributed by atoms with Crippen molar-refractivity contribution in [3.8, 4) is 17.7 Å². The van der Waals surface area contributed by atoms with Gasteiger partial charge in [-0.3, -0.25) is 0 Å². The van der Waals surface area contributed by atoms with E-state index in [4.69, 9.17) is 14.7 Å². The van der Waals surface area contributed by atoms with Crippen LogP contribution in [0.1, 0.15) is 12.0 Å². The Bertz CT molecular complexity index is 506. The van der Waals surface area contributed by atoms with Crippen molar-refractivity contribution in [2.45, 2.75) is 18.7 Å². The van der Waals surface area contributed by atoms with E-state index in [1.807, 2.05) is 6.07 Å². The first-order valence-corrected chi connectivity index (χ1v) is 6.60. The van der Waals surface area contributed by atoms with E-state index in [2.05, 4.69) is 26.2 Å². The summed E-state index contributed by atoms with van der Waals surface area (Å²) in [5, 5.41) is 12.1. The molecule has 7 heteroatoms. The molecule has 19 heavy (non-hydrogen) atoms. The predicted molar refractivity (Wildman–Crippen MR) is 70.0 cm³/mol. The Labute approximate surface area is 118 Å². The second kappa shape index (κ2) is 6.17. The molecule has 2 atom stereocenters. The molecule has 0 aliphatic carbocycles. The number of nitriles is 1. The number of hydrogen-bond acceptors (Lipinski definition) is 5. The van der Waals surface area contributed by atoms with Crippen LogP contribution in [0.15, 0.2) is 10.7 Å². The minimum absolute atomic E-state index is 0.186. The average molecular weight is 330 g/mol. The highest BCUT2D eigenvalue weighted by atomic mass is 79.9. The molecule has 0 aromatic carbocycles. The van der Waals surface area contributed by atoms with E-state index in [0.29, 0.717) is 17.4 Å². The van der Waals surface area contributed by atoms with Crippen LogP contribution in [0.5, 0.6) is 11.6 Å². The number of halogens is 2. The van der Waals surface area contributed by atoms with Crippen molar-refractivity contribution in [1.29, 1.82) is 5.26 Å². The van der Waals surface area contributed by atoms with Crippen molar-refractivity contribution < 1.29 is 13.9 Å². The van der Waals surface area contributed by atoms with Gasteiger partial charge in [-0.1, -0.05) is 0 Å². The van der Waals surface area contributed by atoms with Gasteiger partial charge in [0.05, 0.1) is 11.6 Å². The second-order valence-corrected chi connectivity index (χ2v) is 4.95. The minimum Gasteiger partial charge on any atom is -0.480 e. The molecule has 1 aromatic rings. The number of aromatic nitrogens is 1. The van der Waals surface area contributed by atoms with Crippen LogP contribution in [0.3, 0.4) is 0 Å². The lowest BCUT2D eigenvalue weighted by molar-refractivity contribution is 0.0698. The van der Waals surface area contributed by atoms with Crippen LogP contribution in [-0.2, 0) is 0 Å². The predicted octanol–water partition coefficient (Wildman–Crippen LogP) is 1.80. The standard InChI is InChI=1S/C12H13BrFN3O2/c1-18-12-11(7(4-15)8(13)5-17-12)19-10-2-3-16-6-9(10)14/h5,9-10,16H,2-3,6H2,1H3/t9-,10+/m0/s1. The van der Waals surface area contributed by atoms with Crippen molar-refractivity contribution in [3.63, 3.8) is 0 Å². The van der Waals surface area contributed by atoms with Crippen molar-refractivity contribution in [1.82, 2.24) is 10.3 Å². The lowest BCUT2D eigenvalue weighted by atomic mass is 10.1. The number of nitrogens with one attached hydrogen (secondary N) is 1. The van der Waals surface area contributed by atoms with Gasteiger partial charge in [-0.25, -0.2) is 9.37 Å². The van der Waals surface area contributed by atoms with E-state index in [9.17, 15) is 4.39 Å². The maximum Gasteiger partial charge on any atom is 0.258 e. The highest BCUT2D eigenvalue weighted by Crippen LogP contribution is 2.35. The third kappa shape index (κ3) is 2.96. The van der Waals surface area contributed by atoms with Crippen LogP contribution < -0.4 is 14.8 Å². The van der Waals surface area contributed by atoms with Crippen LogP contribution >= 0.6 is 15.9 Å². The summed E-state index contributed by atoms with van der Waals surface area (Å²) in [6, 6.07) is 2.01. The molecular weight excluding hydrogens is 317 g/mol. The third-order valence-electron chi connectivity index (χ3n) is 2.88. The molecule has 1 aliphatic heterocycles. The Morgan fingerprint density at radius 2 is 2.42 bits per heavy atom. The molecule has 1 N–H and O–H groups in total. The highest BCUT2D eigenvalue weighted by Gasteiger charge is 2.29. The first-order valence-electron chi connectivity index (χ1n) is 5.81. The molecule has 0 unspecified atom stereocenters. The summed E-state index contributed by atoms with van der Waals surface area (Å²) >= 11 is 3.22. The third-order valence-corrected chi connectivity index (χ3v) is 3.48. The van der Waals surface area contributed by atoms with Gasteiger partial charge in [0.25, 0.3) is 5.88 Å². The SMILES string of the molecule is COc1ncc(Br)c(C#N)c1O[C@@H]1CCNC[C@@H]1F. The monoisotopic (exact) mass is 329 g/mol. The molecule has 0 bridgehead atoms. The molecule has 1 fully saturated rings. The fourth-order valence-corrected chi connectivity index (χ4v) is 2.26. The smallest absolute Gasteiger partial charge is 0.258 e.